The summed E-state index contributed by atoms with van der Waals surface area (Å²) in [5, 5.41) is 15.7. The second-order valence-corrected chi connectivity index (χ2v) is 6.30. The summed E-state index contributed by atoms with van der Waals surface area (Å²) in [5.74, 6) is 0.454. The maximum Gasteiger partial charge on any atom is 0.307 e. The minimum absolute atomic E-state index is 0.134. The number of hydrogen-bond donors (Lipinski definition) is 2. The van der Waals surface area contributed by atoms with Gasteiger partial charge in [-0.1, -0.05) is 36.2 Å². The fourth-order valence-electron chi connectivity index (χ4n) is 3.11. The summed E-state index contributed by atoms with van der Waals surface area (Å²) in [5.41, 5.74) is 1.09. The summed E-state index contributed by atoms with van der Waals surface area (Å²) >= 11 is 0. The SMILES string of the molecule is O=C(O)Cc1ccccc1NC(=O)CCc1nc(C2CCCC2)no1. The molecule has 1 aliphatic carbocycles. The smallest absolute Gasteiger partial charge is 0.307 e. The summed E-state index contributed by atoms with van der Waals surface area (Å²) in [7, 11) is 0. The van der Waals surface area contributed by atoms with Crippen molar-refractivity contribution < 1.29 is 19.2 Å². The topological polar surface area (TPSA) is 105 Å². The molecule has 1 saturated carbocycles. The number of amides is 1. The molecule has 7 heteroatoms. The van der Waals surface area contributed by atoms with Gasteiger partial charge in [-0.25, -0.2) is 0 Å². The van der Waals surface area contributed by atoms with Crippen LogP contribution < -0.4 is 5.32 Å². The molecule has 0 saturated heterocycles. The first-order chi connectivity index (χ1) is 12.1. The van der Waals surface area contributed by atoms with E-state index in [0.717, 1.165) is 18.7 Å². The van der Waals surface area contributed by atoms with E-state index in [9.17, 15) is 9.59 Å². The summed E-state index contributed by atoms with van der Waals surface area (Å²) in [6.07, 6.45) is 5.03. The Balaban J connectivity index is 1.54. The van der Waals surface area contributed by atoms with Crippen molar-refractivity contribution in [1.29, 1.82) is 0 Å². The predicted octanol–water partition coefficient (Wildman–Crippen LogP) is 2.93. The Kier molecular flexibility index (Phi) is 5.42. The zero-order valence-electron chi connectivity index (χ0n) is 13.9. The third-order valence-corrected chi connectivity index (χ3v) is 4.40. The summed E-state index contributed by atoms with van der Waals surface area (Å²) < 4.78 is 5.24. The number of aryl methyl sites for hydroxylation is 1. The van der Waals surface area contributed by atoms with Gasteiger partial charge in [-0.3, -0.25) is 9.59 Å². The van der Waals surface area contributed by atoms with E-state index in [1.165, 1.54) is 12.8 Å². The Morgan fingerprint density at radius 2 is 2.00 bits per heavy atom. The van der Waals surface area contributed by atoms with Crippen LogP contribution in [0.3, 0.4) is 0 Å². The van der Waals surface area contributed by atoms with Crippen LogP contribution in [0.5, 0.6) is 0 Å². The number of aromatic nitrogens is 2. The minimum Gasteiger partial charge on any atom is -0.481 e. The number of hydrogen-bond acceptors (Lipinski definition) is 5. The van der Waals surface area contributed by atoms with Crippen LogP contribution in [0.25, 0.3) is 0 Å². The van der Waals surface area contributed by atoms with Crippen molar-refractivity contribution >= 4 is 17.6 Å². The van der Waals surface area contributed by atoms with Crippen LogP contribution in [0, 0.1) is 0 Å². The highest BCUT2D eigenvalue weighted by molar-refractivity contribution is 5.92. The Hall–Kier alpha value is -2.70. The van der Waals surface area contributed by atoms with Gasteiger partial charge in [0.25, 0.3) is 0 Å². The third-order valence-electron chi connectivity index (χ3n) is 4.40. The number of anilines is 1. The largest absolute Gasteiger partial charge is 0.481 e. The molecule has 0 atom stereocenters. The number of carbonyl (C=O) groups is 2. The van der Waals surface area contributed by atoms with E-state index in [2.05, 4.69) is 15.5 Å². The van der Waals surface area contributed by atoms with Gasteiger partial charge in [0.15, 0.2) is 5.82 Å². The Morgan fingerprint density at radius 1 is 1.24 bits per heavy atom. The Bertz CT molecular complexity index is 750. The summed E-state index contributed by atoms with van der Waals surface area (Å²) in [6, 6.07) is 6.89. The quantitative estimate of drug-likeness (QED) is 0.801. The first-order valence-electron chi connectivity index (χ1n) is 8.54. The normalized spacial score (nSPS) is 14.6. The van der Waals surface area contributed by atoms with Gasteiger partial charge in [-0.15, -0.1) is 0 Å². The fourth-order valence-corrected chi connectivity index (χ4v) is 3.11. The second-order valence-electron chi connectivity index (χ2n) is 6.30. The molecular weight excluding hydrogens is 322 g/mol. The van der Waals surface area contributed by atoms with Crippen molar-refractivity contribution in [3.63, 3.8) is 0 Å². The lowest BCUT2D eigenvalue weighted by molar-refractivity contribution is -0.136. The highest BCUT2D eigenvalue weighted by Gasteiger charge is 2.22. The molecule has 1 aromatic heterocycles. The van der Waals surface area contributed by atoms with Gasteiger partial charge in [0, 0.05) is 24.4 Å². The van der Waals surface area contributed by atoms with E-state index in [1.807, 2.05) is 0 Å². The molecule has 1 heterocycles. The van der Waals surface area contributed by atoms with E-state index in [4.69, 9.17) is 9.63 Å². The van der Waals surface area contributed by atoms with Crippen LogP contribution in [0.4, 0.5) is 5.69 Å². The van der Waals surface area contributed by atoms with Crippen LogP contribution >= 0.6 is 0 Å². The molecule has 0 bridgehead atoms. The van der Waals surface area contributed by atoms with Gasteiger partial charge in [0.1, 0.15) is 0 Å². The van der Waals surface area contributed by atoms with Crippen LogP contribution in [0.15, 0.2) is 28.8 Å². The zero-order valence-corrected chi connectivity index (χ0v) is 13.9. The van der Waals surface area contributed by atoms with Crippen molar-refractivity contribution in [3.05, 3.63) is 41.5 Å². The van der Waals surface area contributed by atoms with Gasteiger partial charge in [-0.05, 0) is 24.5 Å². The highest BCUT2D eigenvalue weighted by Crippen LogP contribution is 2.32. The number of nitrogens with one attached hydrogen (secondary N) is 1. The minimum atomic E-state index is -0.938. The number of carboxylic acid groups (broad SMARTS) is 1. The molecule has 132 valence electrons. The fraction of sp³-hybridized carbons (Fsp3) is 0.444. The van der Waals surface area contributed by atoms with Crippen molar-refractivity contribution in [2.45, 2.75) is 50.9 Å². The molecule has 0 radical (unpaired) electrons. The molecule has 2 aromatic rings. The Labute approximate surface area is 145 Å². The molecule has 3 rings (SSSR count). The van der Waals surface area contributed by atoms with E-state index in [0.29, 0.717) is 29.5 Å². The van der Waals surface area contributed by atoms with Crippen LogP contribution in [-0.2, 0) is 22.4 Å². The average Bonchev–Trinajstić information content (AvgIpc) is 3.25. The lowest BCUT2D eigenvalue weighted by Crippen LogP contribution is -2.14. The van der Waals surface area contributed by atoms with E-state index in [-0.39, 0.29) is 18.7 Å². The maximum absolute atomic E-state index is 12.1. The summed E-state index contributed by atoms with van der Waals surface area (Å²) in [4.78, 5) is 27.4. The molecule has 7 nitrogen and oxygen atoms in total. The van der Waals surface area contributed by atoms with E-state index in [1.54, 1.807) is 24.3 Å². The number of para-hydroxylation sites is 1. The first-order valence-corrected chi connectivity index (χ1v) is 8.54. The molecule has 1 amide bonds. The van der Waals surface area contributed by atoms with Crippen molar-refractivity contribution in [1.82, 2.24) is 10.1 Å². The molecule has 0 unspecified atom stereocenters. The lowest BCUT2D eigenvalue weighted by Gasteiger charge is -2.09. The number of carbonyl (C=O) groups excluding carboxylic acids is 1. The first kappa shape index (κ1) is 17.1. The van der Waals surface area contributed by atoms with Crippen LogP contribution in [0.2, 0.25) is 0 Å². The van der Waals surface area contributed by atoms with Crippen molar-refractivity contribution in [2.24, 2.45) is 0 Å². The highest BCUT2D eigenvalue weighted by atomic mass is 16.5. The Morgan fingerprint density at radius 3 is 2.76 bits per heavy atom. The molecule has 1 aromatic carbocycles. The van der Waals surface area contributed by atoms with Crippen molar-refractivity contribution in [3.8, 4) is 0 Å². The van der Waals surface area contributed by atoms with Gasteiger partial charge in [0.05, 0.1) is 6.42 Å². The zero-order chi connectivity index (χ0) is 17.6. The molecule has 0 aliphatic heterocycles. The third kappa shape index (κ3) is 4.65. The molecule has 1 fully saturated rings. The van der Waals surface area contributed by atoms with Crippen LogP contribution in [0.1, 0.15) is 55.3 Å². The molecular formula is C18H21N3O4. The van der Waals surface area contributed by atoms with Crippen molar-refractivity contribution in [2.75, 3.05) is 5.32 Å². The summed E-state index contributed by atoms with van der Waals surface area (Å²) in [6.45, 7) is 0. The number of carboxylic acids is 1. The van der Waals surface area contributed by atoms with Gasteiger partial charge >= 0.3 is 5.97 Å². The van der Waals surface area contributed by atoms with Gasteiger partial charge in [0.2, 0.25) is 11.8 Å². The number of nitrogens with zero attached hydrogens (tertiary/aromatic N) is 2. The molecule has 0 spiro atoms. The van der Waals surface area contributed by atoms with E-state index >= 15 is 0 Å². The average molecular weight is 343 g/mol. The second kappa shape index (κ2) is 7.92. The standard InChI is InChI=1S/C18H21N3O4/c22-15(19-14-8-4-3-7-13(14)11-17(23)24)9-10-16-20-18(21-25-16)12-5-1-2-6-12/h3-4,7-8,12H,1-2,5-6,9-11H2,(H,19,22)(H,23,24). The molecule has 1 aliphatic rings. The number of aliphatic carboxylic acids is 1. The predicted molar refractivity (Wildman–Crippen MR) is 90.2 cm³/mol. The molecule has 2 N–H and O–H groups in total. The molecule has 25 heavy (non-hydrogen) atoms. The number of rotatable bonds is 7. The van der Waals surface area contributed by atoms with Gasteiger partial charge in [-0.2, -0.15) is 4.98 Å². The van der Waals surface area contributed by atoms with Crippen LogP contribution in [-0.4, -0.2) is 27.1 Å². The lowest BCUT2D eigenvalue weighted by atomic mass is 10.1. The van der Waals surface area contributed by atoms with Gasteiger partial charge < -0.3 is 14.9 Å². The number of benzene rings is 1. The van der Waals surface area contributed by atoms with E-state index < -0.39 is 5.97 Å². The maximum atomic E-state index is 12.1. The monoisotopic (exact) mass is 343 g/mol.